The van der Waals surface area contributed by atoms with Crippen molar-refractivity contribution in [1.29, 1.82) is 0 Å². The summed E-state index contributed by atoms with van der Waals surface area (Å²) in [6.07, 6.45) is 2.30. The molecule has 1 aromatic rings. The van der Waals surface area contributed by atoms with Crippen LogP contribution in [0.15, 0.2) is 11.0 Å². The number of halogens is 1. The molecule has 13 heavy (non-hydrogen) atoms. The van der Waals surface area contributed by atoms with E-state index >= 15 is 0 Å². The van der Waals surface area contributed by atoms with Crippen molar-refractivity contribution in [1.82, 2.24) is 10.2 Å². The van der Waals surface area contributed by atoms with Crippen LogP contribution in [0, 0.1) is 0 Å². The van der Waals surface area contributed by atoms with Crippen LogP contribution in [0.4, 0.5) is 5.69 Å². The van der Waals surface area contributed by atoms with E-state index in [4.69, 9.17) is 17.3 Å². The molecule has 0 saturated heterocycles. The Bertz CT molecular complexity index is 325. The summed E-state index contributed by atoms with van der Waals surface area (Å²) >= 11 is 5.69. The first kappa shape index (κ1) is 10.0. The molecule has 0 amide bonds. The molecule has 0 fully saturated rings. The van der Waals surface area contributed by atoms with Crippen LogP contribution in [0.2, 0.25) is 5.02 Å². The summed E-state index contributed by atoms with van der Waals surface area (Å²) in [5.74, 6) is 0. The minimum atomic E-state index is -0.389. The number of nitrogens with zero attached hydrogens (tertiary/aromatic N) is 1. The van der Waals surface area contributed by atoms with Crippen molar-refractivity contribution in [2.24, 2.45) is 5.73 Å². The van der Waals surface area contributed by atoms with E-state index in [0.29, 0.717) is 18.8 Å². The van der Waals surface area contributed by atoms with Gasteiger partial charge in [0.2, 0.25) is 0 Å². The summed E-state index contributed by atoms with van der Waals surface area (Å²) in [5, 5.41) is 8.93. The molecule has 1 heterocycles. The summed E-state index contributed by atoms with van der Waals surface area (Å²) in [7, 11) is 0. The monoisotopic (exact) mass is 202 g/mol. The van der Waals surface area contributed by atoms with E-state index in [9.17, 15) is 4.79 Å². The molecular formula is C7H11ClN4O. The summed E-state index contributed by atoms with van der Waals surface area (Å²) in [6.45, 7) is 1.28. The van der Waals surface area contributed by atoms with Gasteiger partial charge in [-0.15, -0.1) is 0 Å². The first-order valence-corrected chi connectivity index (χ1v) is 4.30. The predicted octanol–water partition coefficient (Wildman–Crippen LogP) is 0.184. The molecule has 0 atom stereocenters. The van der Waals surface area contributed by atoms with Gasteiger partial charge >= 0.3 is 0 Å². The Hall–Kier alpha value is -1.07. The maximum atomic E-state index is 11.0. The standard InChI is InChI=1S/C7H11ClN4O/c8-6-5(10-3-1-2-9)4-11-12-7(6)13/h4H,1-3,9H2,(H2,10,12,13). The number of H-pyrrole nitrogens is 1. The molecule has 0 aliphatic carbocycles. The fraction of sp³-hybridized carbons (Fsp3) is 0.429. The Morgan fingerprint density at radius 3 is 3.15 bits per heavy atom. The van der Waals surface area contributed by atoms with E-state index in [1.807, 2.05) is 0 Å². The topological polar surface area (TPSA) is 83.8 Å². The van der Waals surface area contributed by atoms with E-state index in [1.165, 1.54) is 6.20 Å². The highest BCUT2D eigenvalue weighted by Crippen LogP contribution is 2.13. The van der Waals surface area contributed by atoms with Crippen LogP contribution in [-0.2, 0) is 0 Å². The molecule has 6 heteroatoms. The van der Waals surface area contributed by atoms with Crippen LogP contribution >= 0.6 is 11.6 Å². The first-order valence-electron chi connectivity index (χ1n) is 3.93. The van der Waals surface area contributed by atoms with E-state index in [-0.39, 0.29) is 10.6 Å². The van der Waals surface area contributed by atoms with Crippen LogP contribution in [0.25, 0.3) is 0 Å². The molecule has 0 saturated carbocycles. The number of anilines is 1. The predicted molar refractivity (Wildman–Crippen MR) is 52.0 cm³/mol. The van der Waals surface area contributed by atoms with Crippen LogP contribution < -0.4 is 16.6 Å². The average Bonchev–Trinajstić information content (AvgIpc) is 2.13. The SMILES string of the molecule is NCCCNc1cn[nH]c(=O)c1Cl. The number of nitrogens with two attached hydrogens (primary N) is 1. The molecule has 1 rings (SSSR count). The summed E-state index contributed by atoms with van der Waals surface area (Å²) in [6, 6.07) is 0. The van der Waals surface area contributed by atoms with Gasteiger partial charge in [0.25, 0.3) is 5.56 Å². The number of aromatic amines is 1. The molecule has 0 aliphatic heterocycles. The van der Waals surface area contributed by atoms with Crippen molar-refractivity contribution in [3.8, 4) is 0 Å². The molecule has 4 N–H and O–H groups in total. The first-order chi connectivity index (χ1) is 6.25. The molecule has 0 bridgehead atoms. The molecule has 0 radical (unpaired) electrons. The highest BCUT2D eigenvalue weighted by atomic mass is 35.5. The summed E-state index contributed by atoms with van der Waals surface area (Å²) < 4.78 is 0. The largest absolute Gasteiger partial charge is 0.382 e. The van der Waals surface area contributed by atoms with Gasteiger partial charge in [-0.3, -0.25) is 4.79 Å². The second kappa shape index (κ2) is 4.84. The second-order valence-electron chi connectivity index (χ2n) is 2.50. The van der Waals surface area contributed by atoms with Gasteiger partial charge in [0.1, 0.15) is 5.02 Å². The number of rotatable bonds is 4. The maximum absolute atomic E-state index is 11.0. The summed E-state index contributed by atoms with van der Waals surface area (Å²) in [5.41, 5.74) is 5.46. The van der Waals surface area contributed by atoms with Gasteiger partial charge in [-0.2, -0.15) is 5.10 Å². The highest BCUT2D eigenvalue weighted by molar-refractivity contribution is 6.32. The Labute approximate surface area is 80.3 Å². The van der Waals surface area contributed by atoms with Crippen molar-refractivity contribution >= 4 is 17.3 Å². The van der Waals surface area contributed by atoms with Crippen LogP contribution in [-0.4, -0.2) is 23.3 Å². The van der Waals surface area contributed by atoms with E-state index < -0.39 is 0 Å². The van der Waals surface area contributed by atoms with Gasteiger partial charge in [-0.25, -0.2) is 5.10 Å². The minimum Gasteiger partial charge on any atom is -0.382 e. The molecule has 0 aliphatic rings. The third-order valence-corrected chi connectivity index (χ3v) is 1.87. The molecule has 1 aromatic heterocycles. The van der Waals surface area contributed by atoms with Crippen molar-refractivity contribution in [2.45, 2.75) is 6.42 Å². The van der Waals surface area contributed by atoms with E-state index in [1.54, 1.807) is 0 Å². The quantitative estimate of drug-likeness (QED) is 0.609. The van der Waals surface area contributed by atoms with Gasteiger partial charge < -0.3 is 11.1 Å². The smallest absolute Gasteiger partial charge is 0.285 e. The number of nitrogens with one attached hydrogen (secondary N) is 2. The Morgan fingerprint density at radius 1 is 1.69 bits per heavy atom. The fourth-order valence-corrected chi connectivity index (χ4v) is 0.990. The Balaban J connectivity index is 2.66. The number of aromatic nitrogens is 2. The lowest BCUT2D eigenvalue weighted by atomic mass is 10.4. The van der Waals surface area contributed by atoms with Crippen molar-refractivity contribution in [2.75, 3.05) is 18.4 Å². The molecular weight excluding hydrogens is 192 g/mol. The van der Waals surface area contributed by atoms with Gasteiger partial charge in [0.05, 0.1) is 11.9 Å². The molecule has 5 nitrogen and oxygen atoms in total. The molecule has 72 valence electrons. The van der Waals surface area contributed by atoms with Crippen LogP contribution in [0.3, 0.4) is 0 Å². The van der Waals surface area contributed by atoms with Gasteiger partial charge in [0.15, 0.2) is 0 Å². The third kappa shape index (κ3) is 2.71. The highest BCUT2D eigenvalue weighted by Gasteiger charge is 2.02. The number of hydrogen-bond acceptors (Lipinski definition) is 4. The fourth-order valence-electron chi connectivity index (χ4n) is 0.832. The van der Waals surface area contributed by atoms with Crippen molar-refractivity contribution < 1.29 is 0 Å². The van der Waals surface area contributed by atoms with Gasteiger partial charge in [-0.05, 0) is 13.0 Å². The molecule has 0 unspecified atom stereocenters. The lowest BCUT2D eigenvalue weighted by Gasteiger charge is -2.04. The second-order valence-corrected chi connectivity index (χ2v) is 2.87. The zero-order valence-corrected chi connectivity index (χ0v) is 7.77. The third-order valence-electron chi connectivity index (χ3n) is 1.49. The Morgan fingerprint density at radius 2 is 2.46 bits per heavy atom. The summed E-state index contributed by atoms with van der Waals surface area (Å²) in [4.78, 5) is 11.0. The minimum absolute atomic E-state index is 0.132. The lowest BCUT2D eigenvalue weighted by Crippen LogP contribution is -2.14. The zero-order valence-electron chi connectivity index (χ0n) is 7.01. The zero-order chi connectivity index (χ0) is 9.68. The van der Waals surface area contributed by atoms with Gasteiger partial charge in [0, 0.05) is 6.54 Å². The van der Waals surface area contributed by atoms with Gasteiger partial charge in [-0.1, -0.05) is 11.6 Å². The van der Waals surface area contributed by atoms with Crippen molar-refractivity contribution in [3.05, 3.63) is 21.6 Å². The van der Waals surface area contributed by atoms with E-state index in [2.05, 4.69) is 15.5 Å². The normalized spacial score (nSPS) is 10.0. The molecule has 0 spiro atoms. The lowest BCUT2D eigenvalue weighted by molar-refractivity contribution is 0.870. The van der Waals surface area contributed by atoms with Crippen LogP contribution in [0.1, 0.15) is 6.42 Å². The maximum Gasteiger partial charge on any atom is 0.285 e. The average molecular weight is 203 g/mol. The van der Waals surface area contributed by atoms with E-state index in [0.717, 1.165) is 6.42 Å². The number of hydrogen-bond donors (Lipinski definition) is 3. The van der Waals surface area contributed by atoms with Crippen molar-refractivity contribution in [3.63, 3.8) is 0 Å². The Kier molecular flexibility index (Phi) is 3.72. The van der Waals surface area contributed by atoms with Crippen LogP contribution in [0.5, 0.6) is 0 Å². The molecule has 0 aromatic carbocycles.